The summed E-state index contributed by atoms with van der Waals surface area (Å²) in [5, 5.41) is 2.73. The van der Waals surface area contributed by atoms with Crippen molar-refractivity contribution in [2.45, 2.75) is 181 Å². The van der Waals surface area contributed by atoms with Crippen molar-refractivity contribution >= 4 is 88.7 Å². The van der Waals surface area contributed by atoms with E-state index < -0.39 is 0 Å². The predicted octanol–water partition coefficient (Wildman–Crippen LogP) is 16.4. The number of hydrogen-bond acceptors (Lipinski definition) is 3. The predicted molar refractivity (Wildman–Crippen MR) is 298 cm³/mol. The van der Waals surface area contributed by atoms with Gasteiger partial charge in [-0.25, -0.2) is 0 Å². The van der Waals surface area contributed by atoms with E-state index >= 15 is 0 Å². The Kier molecular flexibility index (Phi) is 8.98. The molecule has 348 valence electrons. The Balaban J connectivity index is 1.23. The molecule has 1 aromatic heterocycles. The molecule has 7 aromatic rings. The number of thiophene rings is 1. The second kappa shape index (κ2) is 13.7. The number of hydrogen-bond donors (Lipinski definition) is 0. The molecule has 0 atom stereocenters. The number of anilines is 6. The molecule has 0 saturated carbocycles. The number of nitrogens with zero attached hydrogens (tertiary/aromatic N) is 2. The van der Waals surface area contributed by atoms with E-state index in [1.807, 2.05) is 11.3 Å². The van der Waals surface area contributed by atoms with E-state index in [4.69, 9.17) is 0 Å². The lowest BCUT2D eigenvalue weighted by molar-refractivity contribution is 0.332. The normalized spacial score (nSPS) is 20.7. The minimum atomic E-state index is -0.131. The van der Waals surface area contributed by atoms with E-state index in [1.165, 1.54) is 141 Å². The number of fused-ring (bicyclic) bond motifs is 10. The highest BCUT2D eigenvalue weighted by molar-refractivity contribution is 7.26. The van der Waals surface area contributed by atoms with Gasteiger partial charge in [-0.1, -0.05) is 146 Å². The Hall–Kier alpha value is -4.80. The Bertz CT molecular complexity index is 3340. The van der Waals surface area contributed by atoms with Crippen molar-refractivity contribution in [2.24, 2.45) is 0 Å². The summed E-state index contributed by atoms with van der Waals surface area (Å²) < 4.78 is 2.77. The molecule has 4 heteroatoms. The Labute approximate surface area is 412 Å². The summed E-state index contributed by atoms with van der Waals surface area (Å²) >= 11 is 1.97. The zero-order valence-electron chi connectivity index (χ0n) is 44.1. The number of rotatable bonds is 2. The van der Waals surface area contributed by atoms with Crippen LogP contribution in [-0.2, 0) is 37.9 Å². The topological polar surface area (TPSA) is 6.48 Å². The molecule has 0 spiro atoms. The maximum absolute atomic E-state index is 2.76. The summed E-state index contributed by atoms with van der Waals surface area (Å²) in [5.74, 6) is 0. The first kappa shape index (κ1) is 44.4. The third-order valence-corrected chi connectivity index (χ3v) is 19.5. The van der Waals surface area contributed by atoms with Crippen molar-refractivity contribution in [3.05, 3.63) is 136 Å². The van der Waals surface area contributed by atoms with Gasteiger partial charge < -0.3 is 9.80 Å². The molecule has 0 saturated heterocycles. The first-order valence-corrected chi connectivity index (χ1v) is 26.7. The van der Waals surface area contributed by atoms with E-state index in [1.54, 1.807) is 0 Å². The molecule has 2 nitrogen and oxygen atoms in total. The lowest BCUT2D eigenvalue weighted by Gasteiger charge is -2.48. The van der Waals surface area contributed by atoms with E-state index in [2.05, 4.69) is 212 Å². The van der Waals surface area contributed by atoms with Crippen molar-refractivity contribution in [2.75, 3.05) is 9.80 Å². The maximum Gasteiger partial charge on any atom is 0.252 e. The van der Waals surface area contributed by atoms with Gasteiger partial charge in [0.2, 0.25) is 0 Å². The zero-order valence-corrected chi connectivity index (χ0v) is 44.9. The fourth-order valence-corrected chi connectivity index (χ4v) is 16.1. The third kappa shape index (κ3) is 6.13. The summed E-state index contributed by atoms with van der Waals surface area (Å²) in [5.41, 5.74) is 24.5. The minimum Gasteiger partial charge on any atom is -0.311 e. The molecule has 6 aromatic carbocycles. The molecule has 2 aliphatic heterocycles. The first-order valence-electron chi connectivity index (χ1n) is 25.9. The fraction of sp³-hybridized carbons (Fsp3) is 0.438. The molecule has 68 heavy (non-hydrogen) atoms. The molecule has 12 rings (SSSR count). The van der Waals surface area contributed by atoms with Crippen molar-refractivity contribution in [3.63, 3.8) is 0 Å². The van der Waals surface area contributed by atoms with Gasteiger partial charge in [-0.3, -0.25) is 0 Å². The van der Waals surface area contributed by atoms with Gasteiger partial charge in [0.15, 0.2) is 0 Å². The quantitative estimate of drug-likeness (QED) is 0.159. The molecule has 3 aliphatic carbocycles. The lowest BCUT2D eigenvalue weighted by atomic mass is 9.32. The van der Waals surface area contributed by atoms with Gasteiger partial charge in [-0.05, 0) is 186 Å². The smallest absolute Gasteiger partial charge is 0.252 e. The van der Waals surface area contributed by atoms with Crippen molar-refractivity contribution < 1.29 is 0 Å². The van der Waals surface area contributed by atoms with Gasteiger partial charge in [0.05, 0.1) is 5.69 Å². The monoisotopic (exact) mass is 913 g/mol. The van der Waals surface area contributed by atoms with E-state index in [0.717, 1.165) is 6.42 Å². The van der Waals surface area contributed by atoms with E-state index in [9.17, 15) is 0 Å². The SMILES string of the molecule is Cc1cc2c3c(c1)N(c1ccc4c(sc5ccccc54)c1C(C)(C)C)c1cc4c(cc1B3c1cc3c(cc1N2c1ccc2c(c1)C(C)(C)CCC2(C)C)C(C)(C)CCC3(C)C)C(C)(C)CC4(C)C. The summed E-state index contributed by atoms with van der Waals surface area (Å²) in [4.78, 5) is 5.49. The first-order chi connectivity index (χ1) is 31.7. The largest absolute Gasteiger partial charge is 0.311 e. The maximum atomic E-state index is 2.76. The van der Waals surface area contributed by atoms with Crippen LogP contribution in [-0.4, -0.2) is 6.71 Å². The molecule has 0 bridgehead atoms. The molecule has 0 fully saturated rings. The molecule has 0 amide bonds. The van der Waals surface area contributed by atoms with Crippen LogP contribution in [0.2, 0.25) is 0 Å². The second-order valence-electron chi connectivity index (χ2n) is 27.1. The van der Waals surface area contributed by atoms with Crippen LogP contribution in [0.3, 0.4) is 0 Å². The molecule has 5 aliphatic rings. The lowest BCUT2D eigenvalue weighted by Crippen LogP contribution is -2.62. The van der Waals surface area contributed by atoms with Gasteiger partial charge in [0, 0.05) is 48.6 Å². The highest BCUT2D eigenvalue weighted by atomic mass is 32.1. The third-order valence-electron chi connectivity index (χ3n) is 18.3. The fourth-order valence-electron chi connectivity index (χ4n) is 14.6. The van der Waals surface area contributed by atoms with Crippen LogP contribution in [0, 0.1) is 6.92 Å². The van der Waals surface area contributed by atoms with Crippen LogP contribution < -0.4 is 26.2 Å². The Morgan fingerprint density at radius 2 is 0.971 bits per heavy atom. The van der Waals surface area contributed by atoms with Crippen molar-refractivity contribution in [1.29, 1.82) is 0 Å². The van der Waals surface area contributed by atoms with Crippen LogP contribution in [0.25, 0.3) is 20.2 Å². The Morgan fingerprint density at radius 1 is 0.471 bits per heavy atom. The van der Waals surface area contributed by atoms with Crippen molar-refractivity contribution in [3.8, 4) is 0 Å². The van der Waals surface area contributed by atoms with Gasteiger partial charge in [0.1, 0.15) is 0 Å². The summed E-state index contributed by atoms with van der Waals surface area (Å²) in [6, 6.07) is 37.5. The van der Waals surface area contributed by atoms with Gasteiger partial charge >= 0.3 is 0 Å². The van der Waals surface area contributed by atoms with Crippen LogP contribution in [0.1, 0.15) is 180 Å². The molecular weight excluding hydrogens is 840 g/mol. The summed E-state index contributed by atoms with van der Waals surface area (Å²) in [6.07, 6.45) is 5.91. The molecule has 0 unspecified atom stereocenters. The van der Waals surface area contributed by atoms with Crippen LogP contribution in [0.4, 0.5) is 34.1 Å². The molecular formula is C64H73BN2S. The summed E-state index contributed by atoms with van der Waals surface area (Å²) in [7, 11) is 0. The Morgan fingerprint density at radius 3 is 1.57 bits per heavy atom. The average Bonchev–Trinajstić information content (AvgIpc) is 3.71. The highest BCUT2D eigenvalue weighted by Crippen LogP contribution is 2.57. The molecule has 3 heterocycles. The van der Waals surface area contributed by atoms with Crippen LogP contribution in [0.5, 0.6) is 0 Å². The number of aryl methyl sites for hydroxylation is 1. The van der Waals surface area contributed by atoms with Gasteiger partial charge in [0.25, 0.3) is 6.71 Å². The van der Waals surface area contributed by atoms with Crippen molar-refractivity contribution in [1.82, 2.24) is 0 Å². The standard InChI is InChI=1S/C64H73BN2S/c1-37-29-52-56-53(30-37)67(49-24-22-40-39-19-17-18-20-54(39)68-57(40)55(49)58(2,3)4)51-35-46-44(63(13,14)36-64(46,15)16)33-48(51)65(56)47-32-43-45(62(11,12)28-27-61(43,9)10)34-50(47)66(52)38-21-23-41-42(31-38)60(7,8)26-25-59(41,5)6/h17-24,29-35H,25-28,36H2,1-16H3. The second-order valence-corrected chi connectivity index (χ2v) is 28.2. The molecule has 0 radical (unpaired) electrons. The number of benzene rings is 6. The van der Waals surface area contributed by atoms with E-state index in [-0.39, 0.29) is 44.6 Å². The van der Waals surface area contributed by atoms with Crippen LogP contribution >= 0.6 is 11.3 Å². The average molecular weight is 913 g/mol. The van der Waals surface area contributed by atoms with Crippen LogP contribution in [0.15, 0.2) is 91.0 Å². The van der Waals surface area contributed by atoms with Gasteiger partial charge in [-0.15, -0.1) is 11.3 Å². The highest BCUT2D eigenvalue weighted by Gasteiger charge is 2.50. The van der Waals surface area contributed by atoms with E-state index in [0.29, 0.717) is 0 Å². The zero-order chi connectivity index (χ0) is 48.2. The van der Waals surface area contributed by atoms with Gasteiger partial charge in [-0.2, -0.15) is 0 Å². The molecule has 0 N–H and O–H groups in total. The summed E-state index contributed by atoms with van der Waals surface area (Å²) in [6.45, 7) is 39.6. The minimum absolute atomic E-state index is 0.0462.